The van der Waals surface area contributed by atoms with Crippen molar-refractivity contribution in [1.29, 1.82) is 0 Å². The summed E-state index contributed by atoms with van der Waals surface area (Å²) in [6, 6.07) is 24.1. The van der Waals surface area contributed by atoms with Crippen LogP contribution >= 0.6 is 0 Å². The molecule has 0 atom stereocenters. The van der Waals surface area contributed by atoms with Crippen LogP contribution in [0, 0.1) is 0 Å². The first kappa shape index (κ1) is 36.8. The molecule has 0 saturated carbocycles. The molecule has 0 aliphatic carbocycles. The van der Waals surface area contributed by atoms with E-state index in [2.05, 4.69) is 34.2 Å². The third-order valence-electron chi connectivity index (χ3n) is 9.14. The average molecular weight is 677 g/mol. The summed E-state index contributed by atoms with van der Waals surface area (Å²) in [7, 11) is 0. The first-order valence-electron chi connectivity index (χ1n) is 19.2. The number of rotatable bonds is 24. The van der Waals surface area contributed by atoms with E-state index >= 15 is 0 Å². The Morgan fingerprint density at radius 3 is 1.22 bits per heavy atom. The second-order valence-electron chi connectivity index (χ2n) is 13.3. The van der Waals surface area contributed by atoms with Crippen molar-refractivity contribution in [3.63, 3.8) is 0 Å². The molecular formula is C42H56N6O2. The molecule has 8 heteroatoms. The van der Waals surface area contributed by atoms with E-state index in [1.54, 1.807) is 0 Å². The molecule has 0 fully saturated rings. The average Bonchev–Trinajstić information content (AvgIpc) is 3.86. The highest BCUT2D eigenvalue weighted by molar-refractivity contribution is 5.69. The minimum Gasteiger partial charge on any atom is -0.494 e. The van der Waals surface area contributed by atoms with Gasteiger partial charge in [-0.15, -0.1) is 0 Å². The number of nitrogens with one attached hydrogen (secondary N) is 2. The molecule has 3 aromatic carbocycles. The van der Waals surface area contributed by atoms with Crippen LogP contribution in [0.4, 0.5) is 0 Å². The number of aromatic amines is 2. The lowest BCUT2D eigenvalue weighted by Crippen LogP contribution is -1.97. The van der Waals surface area contributed by atoms with E-state index in [4.69, 9.17) is 19.4 Å². The molecule has 0 amide bonds. The van der Waals surface area contributed by atoms with Gasteiger partial charge in [0.25, 0.3) is 0 Å². The maximum Gasteiger partial charge on any atom is 0.181 e. The molecule has 0 saturated heterocycles. The van der Waals surface area contributed by atoms with E-state index in [0.717, 1.165) is 59.8 Å². The molecule has 5 rings (SSSR count). The maximum absolute atomic E-state index is 5.98. The molecule has 266 valence electrons. The van der Waals surface area contributed by atoms with Crippen molar-refractivity contribution < 1.29 is 9.47 Å². The second-order valence-corrected chi connectivity index (χ2v) is 13.3. The van der Waals surface area contributed by atoms with Crippen LogP contribution < -0.4 is 9.47 Å². The molecule has 2 N–H and O–H groups in total. The minimum absolute atomic E-state index is 0.621. The van der Waals surface area contributed by atoms with Gasteiger partial charge in [0.1, 0.15) is 11.5 Å². The molecule has 0 spiro atoms. The smallest absolute Gasteiger partial charge is 0.181 e. The van der Waals surface area contributed by atoms with Crippen LogP contribution in [-0.4, -0.2) is 43.6 Å². The Kier molecular flexibility index (Phi) is 15.4. The van der Waals surface area contributed by atoms with E-state index in [0.29, 0.717) is 23.3 Å². The summed E-state index contributed by atoms with van der Waals surface area (Å²) in [5.41, 5.74) is 3.70. The van der Waals surface area contributed by atoms with Crippen LogP contribution in [0.15, 0.2) is 72.8 Å². The number of ether oxygens (including phenoxy) is 2. The summed E-state index contributed by atoms with van der Waals surface area (Å²) in [6.45, 7) is 6.03. The van der Waals surface area contributed by atoms with E-state index < -0.39 is 0 Å². The quantitative estimate of drug-likeness (QED) is 0.0631. The first-order valence-corrected chi connectivity index (χ1v) is 19.2. The van der Waals surface area contributed by atoms with Crippen molar-refractivity contribution in [3.05, 3.63) is 72.8 Å². The predicted molar refractivity (Wildman–Crippen MR) is 204 cm³/mol. The van der Waals surface area contributed by atoms with Gasteiger partial charge in [0.05, 0.1) is 13.2 Å². The molecule has 8 nitrogen and oxygen atoms in total. The summed E-state index contributed by atoms with van der Waals surface area (Å²) in [6.07, 6.45) is 20.7. The molecule has 0 aliphatic rings. The lowest BCUT2D eigenvalue weighted by Gasteiger charge is -2.07. The van der Waals surface area contributed by atoms with Gasteiger partial charge < -0.3 is 9.47 Å². The monoisotopic (exact) mass is 676 g/mol. The van der Waals surface area contributed by atoms with Crippen molar-refractivity contribution in [2.24, 2.45) is 0 Å². The number of hydrogen-bond acceptors (Lipinski definition) is 6. The number of benzene rings is 3. The van der Waals surface area contributed by atoms with Crippen LogP contribution in [-0.2, 0) is 0 Å². The van der Waals surface area contributed by atoms with Crippen LogP contribution in [0.1, 0.15) is 117 Å². The van der Waals surface area contributed by atoms with E-state index in [1.807, 2.05) is 72.8 Å². The number of H-pyrrole nitrogens is 2. The molecule has 2 heterocycles. The van der Waals surface area contributed by atoms with Crippen LogP contribution in [0.2, 0.25) is 0 Å². The van der Waals surface area contributed by atoms with Crippen LogP contribution in [0.5, 0.6) is 11.5 Å². The molecule has 0 aliphatic heterocycles. The van der Waals surface area contributed by atoms with Gasteiger partial charge in [0, 0.05) is 22.3 Å². The third kappa shape index (κ3) is 11.9. The van der Waals surface area contributed by atoms with Crippen molar-refractivity contribution in [2.45, 2.75) is 117 Å². The standard InChI is InChI=1S/C42H56N6O2/c1-3-5-7-9-11-13-15-17-30-49-37-26-22-33(23-27-37)39-43-41(47-45-39)35-20-19-21-36(32-35)42-44-40(46-48-42)34-24-28-38(29-25-34)50-31-18-16-14-12-10-8-6-4-2/h19-29,32H,3-18,30-31H2,1-2H3,(H,43,45,47)(H,44,46,48). The highest BCUT2D eigenvalue weighted by atomic mass is 16.5. The van der Waals surface area contributed by atoms with Gasteiger partial charge in [-0.3, -0.25) is 10.2 Å². The fourth-order valence-electron chi connectivity index (χ4n) is 6.11. The zero-order valence-electron chi connectivity index (χ0n) is 30.3. The highest BCUT2D eigenvalue weighted by Gasteiger charge is 2.13. The summed E-state index contributed by atoms with van der Waals surface area (Å²) in [5, 5.41) is 15.2. The molecule has 0 bridgehead atoms. The molecule has 0 unspecified atom stereocenters. The van der Waals surface area contributed by atoms with E-state index in [9.17, 15) is 0 Å². The number of nitrogens with zero attached hydrogens (tertiary/aromatic N) is 4. The number of unbranched alkanes of at least 4 members (excludes halogenated alkanes) is 14. The molecule has 0 radical (unpaired) electrons. The fraction of sp³-hybridized carbons (Fsp3) is 0.476. The largest absolute Gasteiger partial charge is 0.494 e. The van der Waals surface area contributed by atoms with Gasteiger partial charge in [0.15, 0.2) is 23.3 Å². The maximum atomic E-state index is 5.98. The van der Waals surface area contributed by atoms with Gasteiger partial charge in [-0.2, -0.15) is 10.2 Å². The summed E-state index contributed by atoms with van der Waals surface area (Å²) < 4.78 is 12.0. The Hall–Kier alpha value is -4.46. The lowest BCUT2D eigenvalue weighted by molar-refractivity contribution is 0.304. The normalized spacial score (nSPS) is 11.2. The van der Waals surface area contributed by atoms with Gasteiger partial charge >= 0.3 is 0 Å². The molecular weight excluding hydrogens is 621 g/mol. The Morgan fingerprint density at radius 2 is 0.820 bits per heavy atom. The van der Waals surface area contributed by atoms with Gasteiger partial charge in [-0.05, 0) is 67.4 Å². The van der Waals surface area contributed by atoms with Crippen LogP contribution in [0.3, 0.4) is 0 Å². The number of aromatic nitrogens is 6. The van der Waals surface area contributed by atoms with Gasteiger partial charge in [-0.25, -0.2) is 9.97 Å². The van der Waals surface area contributed by atoms with Crippen molar-refractivity contribution >= 4 is 0 Å². The molecule has 2 aromatic heterocycles. The minimum atomic E-state index is 0.621. The zero-order valence-corrected chi connectivity index (χ0v) is 30.3. The third-order valence-corrected chi connectivity index (χ3v) is 9.14. The van der Waals surface area contributed by atoms with Crippen LogP contribution in [0.25, 0.3) is 45.6 Å². The summed E-state index contributed by atoms with van der Waals surface area (Å²) in [5.74, 6) is 4.43. The Balaban J connectivity index is 1.08. The summed E-state index contributed by atoms with van der Waals surface area (Å²) >= 11 is 0. The Labute approximate surface area is 298 Å². The van der Waals surface area contributed by atoms with Crippen molar-refractivity contribution in [3.8, 4) is 57.1 Å². The first-order chi connectivity index (χ1) is 24.7. The van der Waals surface area contributed by atoms with Crippen molar-refractivity contribution in [2.75, 3.05) is 13.2 Å². The zero-order chi connectivity index (χ0) is 34.6. The molecule has 50 heavy (non-hydrogen) atoms. The lowest BCUT2D eigenvalue weighted by atomic mass is 10.1. The number of hydrogen-bond donors (Lipinski definition) is 2. The Bertz CT molecular complexity index is 1520. The predicted octanol–water partition coefficient (Wildman–Crippen LogP) is 11.6. The van der Waals surface area contributed by atoms with Crippen molar-refractivity contribution in [1.82, 2.24) is 30.4 Å². The van der Waals surface area contributed by atoms with Gasteiger partial charge in [0.2, 0.25) is 0 Å². The second kappa shape index (κ2) is 20.9. The van der Waals surface area contributed by atoms with E-state index in [-0.39, 0.29) is 0 Å². The summed E-state index contributed by atoms with van der Waals surface area (Å²) in [4.78, 5) is 9.56. The SMILES string of the molecule is CCCCCCCCCCOc1ccc(-c2nc(-c3cccc(-c4n[nH]c(-c5ccc(OCCCCCCCCCC)cc5)n4)c3)n[nH]2)cc1. The van der Waals surface area contributed by atoms with E-state index in [1.165, 1.54) is 89.9 Å². The Morgan fingerprint density at radius 1 is 0.440 bits per heavy atom. The fourth-order valence-corrected chi connectivity index (χ4v) is 6.11. The molecule has 5 aromatic rings. The van der Waals surface area contributed by atoms with Gasteiger partial charge in [-0.1, -0.05) is 122 Å². The highest BCUT2D eigenvalue weighted by Crippen LogP contribution is 2.27. The topological polar surface area (TPSA) is 102 Å².